The predicted octanol–water partition coefficient (Wildman–Crippen LogP) is 2.91. The van der Waals surface area contributed by atoms with E-state index < -0.39 is 11.6 Å². The third kappa shape index (κ3) is 2.45. The van der Waals surface area contributed by atoms with Crippen molar-refractivity contribution in [3.63, 3.8) is 0 Å². The summed E-state index contributed by atoms with van der Waals surface area (Å²) in [5.41, 5.74) is 0.199. The zero-order chi connectivity index (χ0) is 14.0. The normalized spacial score (nSPS) is 17.5. The van der Waals surface area contributed by atoms with Gasteiger partial charge in [0.2, 0.25) is 0 Å². The number of aldehydes is 1. The van der Waals surface area contributed by atoms with Gasteiger partial charge < -0.3 is 14.2 Å². The van der Waals surface area contributed by atoms with E-state index in [1.165, 1.54) is 6.07 Å². The molecular weight excluding hydrogens is 275 g/mol. The number of halogens is 2. The molecule has 0 unspecified atom stereocenters. The Balaban J connectivity index is 2.64. The maximum atomic E-state index is 13.9. The highest BCUT2D eigenvalue weighted by Gasteiger charge is 2.38. The molecule has 4 nitrogen and oxygen atoms in total. The Hall–Kier alpha value is -1.17. The van der Waals surface area contributed by atoms with Gasteiger partial charge in [0, 0.05) is 0 Å². The van der Waals surface area contributed by atoms with Gasteiger partial charge in [-0.05, 0) is 19.9 Å². The summed E-state index contributed by atoms with van der Waals surface area (Å²) in [4.78, 5) is 11.1. The second-order valence-electron chi connectivity index (χ2n) is 4.16. The molecule has 0 aromatic heterocycles. The van der Waals surface area contributed by atoms with E-state index in [0.29, 0.717) is 25.1 Å². The standard InChI is InChI=1S/C13H14ClFO4/c1-3-17-12-8(7-16)11(15)10(14)6-9(12)13(2)18-4-5-19-13/h6-7H,3-5H2,1-2H3. The monoisotopic (exact) mass is 288 g/mol. The molecular formula is C13H14ClFO4. The van der Waals surface area contributed by atoms with E-state index in [1.54, 1.807) is 13.8 Å². The molecule has 0 radical (unpaired) electrons. The first-order chi connectivity index (χ1) is 9.03. The van der Waals surface area contributed by atoms with Gasteiger partial charge in [0.05, 0.1) is 36.0 Å². The quantitative estimate of drug-likeness (QED) is 0.799. The first kappa shape index (κ1) is 14.2. The van der Waals surface area contributed by atoms with Crippen LogP contribution in [0.3, 0.4) is 0 Å². The number of ether oxygens (including phenoxy) is 3. The van der Waals surface area contributed by atoms with Crippen molar-refractivity contribution in [2.24, 2.45) is 0 Å². The van der Waals surface area contributed by atoms with Crippen LogP contribution in [-0.4, -0.2) is 26.1 Å². The minimum atomic E-state index is -1.08. The van der Waals surface area contributed by atoms with Crippen LogP contribution in [0.4, 0.5) is 4.39 Å². The average molecular weight is 289 g/mol. The summed E-state index contributed by atoms with van der Waals surface area (Å²) in [5.74, 6) is -1.77. The Morgan fingerprint density at radius 3 is 2.68 bits per heavy atom. The maximum absolute atomic E-state index is 13.9. The lowest BCUT2D eigenvalue weighted by molar-refractivity contribution is -0.150. The first-order valence-electron chi connectivity index (χ1n) is 5.92. The van der Waals surface area contributed by atoms with Crippen LogP contribution in [0, 0.1) is 5.82 Å². The maximum Gasteiger partial charge on any atom is 0.195 e. The summed E-state index contributed by atoms with van der Waals surface area (Å²) in [6.07, 6.45) is 0.383. The summed E-state index contributed by atoms with van der Waals surface area (Å²) in [6, 6.07) is 1.38. The Labute approximate surface area is 115 Å². The lowest BCUT2D eigenvalue weighted by Gasteiger charge is -2.26. The van der Waals surface area contributed by atoms with Crippen molar-refractivity contribution in [1.29, 1.82) is 0 Å². The van der Waals surface area contributed by atoms with Crippen LogP contribution in [0.15, 0.2) is 6.07 Å². The molecule has 0 bridgehead atoms. The molecule has 2 rings (SSSR count). The SMILES string of the molecule is CCOc1c(C2(C)OCCO2)cc(Cl)c(F)c1C=O. The van der Waals surface area contributed by atoms with Gasteiger partial charge >= 0.3 is 0 Å². The van der Waals surface area contributed by atoms with Gasteiger partial charge in [0.15, 0.2) is 17.9 Å². The van der Waals surface area contributed by atoms with E-state index in [2.05, 4.69) is 0 Å². The van der Waals surface area contributed by atoms with Crippen LogP contribution < -0.4 is 4.74 Å². The largest absolute Gasteiger partial charge is 0.493 e. The molecule has 1 aromatic rings. The Bertz CT molecular complexity index is 498. The number of benzene rings is 1. The summed E-state index contributed by atoms with van der Waals surface area (Å²) < 4.78 is 30.3. The van der Waals surface area contributed by atoms with E-state index in [9.17, 15) is 9.18 Å². The van der Waals surface area contributed by atoms with E-state index in [0.717, 1.165) is 0 Å². The second kappa shape index (κ2) is 5.45. The first-order valence-corrected chi connectivity index (χ1v) is 6.29. The molecule has 19 heavy (non-hydrogen) atoms. The van der Waals surface area contributed by atoms with Crippen molar-refractivity contribution >= 4 is 17.9 Å². The molecule has 1 aromatic carbocycles. The molecule has 0 spiro atoms. The van der Waals surface area contributed by atoms with Gasteiger partial charge in [-0.3, -0.25) is 4.79 Å². The van der Waals surface area contributed by atoms with Gasteiger partial charge in [-0.15, -0.1) is 0 Å². The highest BCUT2D eigenvalue weighted by atomic mass is 35.5. The summed E-state index contributed by atoms with van der Waals surface area (Å²) in [5, 5.41) is -0.166. The van der Waals surface area contributed by atoms with Crippen LogP contribution >= 0.6 is 11.6 Å². The van der Waals surface area contributed by atoms with Crippen molar-refractivity contribution < 1.29 is 23.4 Å². The minimum Gasteiger partial charge on any atom is -0.493 e. The fourth-order valence-corrected chi connectivity index (χ4v) is 2.25. The molecule has 1 aliphatic rings. The average Bonchev–Trinajstić information content (AvgIpc) is 2.82. The fourth-order valence-electron chi connectivity index (χ4n) is 2.04. The van der Waals surface area contributed by atoms with Gasteiger partial charge in [-0.1, -0.05) is 11.6 Å². The third-order valence-electron chi connectivity index (χ3n) is 2.94. The highest BCUT2D eigenvalue weighted by Crippen LogP contribution is 2.41. The van der Waals surface area contributed by atoms with Crippen LogP contribution in [0.2, 0.25) is 5.02 Å². The van der Waals surface area contributed by atoms with Gasteiger partial charge in [0.1, 0.15) is 5.75 Å². The molecule has 0 N–H and O–H groups in total. The van der Waals surface area contributed by atoms with Crippen molar-refractivity contribution in [3.8, 4) is 5.75 Å². The van der Waals surface area contributed by atoms with Crippen molar-refractivity contribution in [3.05, 3.63) is 28.0 Å². The smallest absolute Gasteiger partial charge is 0.195 e. The van der Waals surface area contributed by atoms with E-state index in [1.807, 2.05) is 0 Å². The highest BCUT2D eigenvalue weighted by molar-refractivity contribution is 6.31. The number of rotatable bonds is 4. The van der Waals surface area contributed by atoms with Crippen LogP contribution in [0.25, 0.3) is 0 Å². The van der Waals surface area contributed by atoms with Crippen LogP contribution in [-0.2, 0) is 15.3 Å². The van der Waals surface area contributed by atoms with Crippen LogP contribution in [0.1, 0.15) is 29.8 Å². The molecule has 0 aliphatic carbocycles. The zero-order valence-electron chi connectivity index (χ0n) is 10.7. The Morgan fingerprint density at radius 2 is 2.16 bits per heavy atom. The fraction of sp³-hybridized carbons (Fsp3) is 0.462. The Kier molecular flexibility index (Phi) is 4.08. The number of hydrogen-bond donors (Lipinski definition) is 0. The van der Waals surface area contributed by atoms with Gasteiger partial charge in [0.25, 0.3) is 0 Å². The summed E-state index contributed by atoms with van der Waals surface area (Å²) in [6.45, 7) is 4.52. The van der Waals surface area contributed by atoms with E-state index >= 15 is 0 Å². The zero-order valence-corrected chi connectivity index (χ0v) is 11.4. The number of carbonyl (C=O) groups is 1. The van der Waals surface area contributed by atoms with Gasteiger partial charge in [-0.25, -0.2) is 4.39 Å². The number of carbonyl (C=O) groups excluding carboxylic acids is 1. The minimum absolute atomic E-state index is 0.115. The van der Waals surface area contributed by atoms with Crippen molar-refractivity contribution in [1.82, 2.24) is 0 Å². The molecule has 1 fully saturated rings. The molecule has 1 heterocycles. The molecule has 104 valence electrons. The third-order valence-corrected chi connectivity index (χ3v) is 3.22. The molecule has 0 saturated carbocycles. The topological polar surface area (TPSA) is 44.8 Å². The van der Waals surface area contributed by atoms with E-state index in [-0.39, 0.29) is 22.9 Å². The lowest BCUT2D eigenvalue weighted by Crippen LogP contribution is -2.24. The molecule has 0 atom stereocenters. The second-order valence-corrected chi connectivity index (χ2v) is 4.56. The van der Waals surface area contributed by atoms with Crippen LogP contribution in [0.5, 0.6) is 5.75 Å². The molecule has 1 aliphatic heterocycles. The number of hydrogen-bond acceptors (Lipinski definition) is 4. The van der Waals surface area contributed by atoms with Gasteiger partial charge in [-0.2, -0.15) is 0 Å². The molecule has 6 heteroatoms. The van der Waals surface area contributed by atoms with Crippen molar-refractivity contribution in [2.45, 2.75) is 19.6 Å². The van der Waals surface area contributed by atoms with Crippen molar-refractivity contribution in [2.75, 3.05) is 19.8 Å². The molecule has 1 saturated heterocycles. The Morgan fingerprint density at radius 1 is 1.53 bits per heavy atom. The lowest BCUT2D eigenvalue weighted by atomic mass is 10.0. The summed E-state index contributed by atoms with van der Waals surface area (Å²) >= 11 is 5.81. The predicted molar refractivity (Wildman–Crippen MR) is 67.2 cm³/mol. The summed E-state index contributed by atoms with van der Waals surface area (Å²) in [7, 11) is 0. The molecule has 0 amide bonds. The van der Waals surface area contributed by atoms with E-state index in [4.69, 9.17) is 25.8 Å².